The largest absolute Gasteiger partial charge is 0.508 e. The fraction of sp³-hybridized carbons (Fsp3) is 0.235. The third kappa shape index (κ3) is 6.04. The zero-order valence-electron chi connectivity index (χ0n) is 24.1. The lowest BCUT2D eigenvalue weighted by Gasteiger charge is -2.27. The summed E-state index contributed by atoms with van der Waals surface area (Å²) in [6.07, 6.45) is 3.97. The molecule has 0 saturated carbocycles. The van der Waals surface area contributed by atoms with E-state index in [9.17, 15) is 15.3 Å². The normalized spacial score (nSPS) is 12.6. The van der Waals surface area contributed by atoms with Gasteiger partial charge >= 0.3 is 0 Å². The molecule has 7 heteroatoms. The zero-order valence-corrected chi connectivity index (χ0v) is 24.1. The molecule has 0 spiro atoms. The highest BCUT2D eigenvalue weighted by Crippen LogP contribution is 2.48. The summed E-state index contributed by atoms with van der Waals surface area (Å²) < 4.78 is 22.9. The van der Waals surface area contributed by atoms with Crippen LogP contribution in [0, 0.1) is 0 Å². The minimum absolute atomic E-state index is 0.0627. The maximum atomic E-state index is 10.2. The van der Waals surface area contributed by atoms with Crippen molar-refractivity contribution in [1.82, 2.24) is 0 Å². The molecule has 2 unspecified atom stereocenters. The summed E-state index contributed by atoms with van der Waals surface area (Å²) in [6.45, 7) is 4.13. The third-order valence-corrected chi connectivity index (χ3v) is 7.40. The van der Waals surface area contributed by atoms with Gasteiger partial charge in [-0.15, -0.1) is 0 Å². The Bertz CT molecular complexity index is 1540. The van der Waals surface area contributed by atoms with E-state index in [1.54, 1.807) is 38.5 Å². The smallest absolute Gasteiger partial charge is 0.160 e. The molecule has 214 valence electrons. The van der Waals surface area contributed by atoms with Crippen LogP contribution in [0.3, 0.4) is 0 Å². The molecule has 0 aliphatic heterocycles. The molecule has 0 heterocycles. The summed E-state index contributed by atoms with van der Waals surface area (Å²) >= 11 is 0. The first-order valence-corrected chi connectivity index (χ1v) is 13.2. The van der Waals surface area contributed by atoms with Crippen molar-refractivity contribution in [1.29, 1.82) is 0 Å². The molecule has 0 radical (unpaired) electrons. The molecule has 0 aliphatic rings. The summed E-state index contributed by atoms with van der Waals surface area (Å²) in [5, 5.41) is 30.1. The first kappa shape index (κ1) is 29.2. The molecule has 4 rings (SSSR count). The molecule has 2 atom stereocenters. The Labute approximate surface area is 240 Å². The van der Waals surface area contributed by atoms with Crippen LogP contribution >= 0.6 is 0 Å². The molecule has 7 nitrogen and oxygen atoms in total. The van der Waals surface area contributed by atoms with E-state index in [0.29, 0.717) is 23.0 Å². The molecular weight excluding hydrogens is 520 g/mol. The highest BCUT2D eigenvalue weighted by Gasteiger charge is 2.28. The van der Waals surface area contributed by atoms with E-state index in [1.807, 2.05) is 54.6 Å². The van der Waals surface area contributed by atoms with Crippen LogP contribution in [0.5, 0.6) is 40.2 Å². The summed E-state index contributed by atoms with van der Waals surface area (Å²) in [7, 11) is 6.31. The second-order valence-corrected chi connectivity index (χ2v) is 9.76. The molecule has 0 aromatic heterocycles. The number of phenolic OH excluding ortho intramolecular Hbond substituents is 3. The van der Waals surface area contributed by atoms with Crippen molar-refractivity contribution in [2.24, 2.45) is 0 Å². The number of aromatic hydroxyl groups is 3. The van der Waals surface area contributed by atoms with Crippen LogP contribution in [-0.4, -0.2) is 43.8 Å². The summed E-state index contributed by atoms with van der Waals surface area (Å²) in [4.78, 5) is 0. The Hall–Kier alpha value is -4.78. The second kappa shape index (κ2) is 12.6. The maximum absolute atomic E-state index is 10.2. The molecule has 41 heavy (non-hydrogen) atoms. The minimum atomic E-state index is -0.190. The van der Waals surface area contributed by atoms with Gasteiger partial charge in [0.25, 0.3) is 0 Å². The van der Waals surface area contributed by atoms with Crippen LogP contribution in [0.2, 0.25) is 0 Å². The van der Waals surface area contributed by atoms with Gasteiger partial charge in [0.05, 0.1) is 28.4 Å². The number of benzene rings is 4. The topological polar surface area (TPSA) is 97.6 Å². The predicted octanol–water partition coefficient (Wildman–Crippen LogP) is 7.31. The van der Waals surface area contributed by atoms with Gasteiger partial charge in [-0.2, -0.15) is 0 Å². The Morgan fingerprint density at radius 3 is 1.56 bits per heavy atom. The lowest BCUT2D eigenvalue weighted by atomic mass is 9.82. The Balaban J connectivity index is 1.96. The fourth-order valence-corrected chi connectivity index (χ4v) is 5.10. The molecule has 3 N–H and O–H groups in total. The summed E-state index contributed by atoms with van der Waals surface area (Å²) in [5.41, 5.74) is 5.39. The molecule has 0 bridgehead atoms. The van der Waals surface area contributed by atoms with E-state index in [4.69, 9.17) is 18.9 Å². The Morgan fingerprint density at radius 2 is 1.07 bits per heavy atom. The van der Waals surface area contributed by atoms with E-state index in [2.05, 4.69) is 13.8 Å². The number of hydrogen-bond acceptors (Lipinski definition) is 7. The average molecular weight is 557 g/mol. The Morgan fingerprint density at radius 1 is 0.561 bits per heavy atom. The molecule has 0 amide bonds. The highest BCUT2D eigenvalue weighted by atomic mass is 16.5. The van der Waals surface area contributed by atoms with E-state index in [0.717, 1.165) is 33.4 Å². The first-order chi connectivity index (χ1) is 19.7. The van der Waals surface area contributed by atoms with Crippen LogP contribution in [0.25, 0.3) is 12.2 Å². The lowest BCUT2D eigenvalue weighted by Crippen LogP contribution is -2.10. The summed E-state index contributed by atoms with van der Waals surface area (Å²) in [6, 6.07) is 19.5. The quantitative estimate of drug-likeness (QED) is 0.176. The number of hydrogen-bond donors (Lipinski definition) is 3. The number of methoxy groups -OCH3 is 4. The average Bonchev–Trinajstić information content (AvgIpc) is 2.99. The van der Waals surface area contributed by atoms with Gasteiger partial charge in [-0.05, 0) is 64.7 Å². The number of ether oxygens (including phenoxy) is 4. The van der Waals surface area contributed by atoms with Gasteiger partial charge in [0, 0.05) is 23.0 Å². The maximum Gasteiger partial charge on any atom is 0.160 e. The van der Waals surface area contributed by atoms with Crippen LogP contribution < -0.4 is 18.9 Å². The second-order valence-electron chi connectivity index (χ2n) is 9.76. The zero-order chi connectivity index (χ0) is 29.7. The van der Waals surface area contributed by atoms with Gasteiger partial charge in [-0.25, -0.2) is 0 Å². The van der Waals surface area contributed by atoms with Crippen molar-refractivity contribution in [3.8, 4) is 40.2 Å². The lowest BCUT2D eigenvalue weighted by molar-refractivity contribution is 0.371. The van der Waals surface area contributed by atoms with Crippen LogP contribution in [0.1, 0.15) is 59.1 Å². The molecule has 0 aliphatic carbocycles. The van der Waals surface area contributed by atoms with Gasteiger partial charge < -0.3 is 34.3 Å². The number of rotatable bonds is 10. The third-order valence-electron chi connectivity index (χ3n) is 7.40. The highest BCUT2D eigenvalue weighted by molar-refractivity contribution is 5.76. The van der Waals surface area contributed by atoms with Crippen molar-refractivity contribution in [3.05, 3.63) is 100 Å². The molecule has 0 saturated heterocycles. The number of phenols is 3. The van der Waals surface area contributed by atoms with E-state index < -0.39 is 0 Å². The van der Waals surface area contributed by atoms with E-state index in [-0.39, 0.29) is 29.1 Å². The van der Waals surface area contributed by atoms with Gasteiger partial charge in [-0.3, -0.25) is 0 Å². The summed E-state index contributed by atoms with van der Waals surface area (Å²) in [5.74, 6) is 2.03. The molecule has 0 fully saturated rings. The standard InChI is InChI=1S/C34H36O7/c1-20(23-11-15-27(36)29(17-23)38-3)32-25(10-7-22-8-13-26(35)14-9-22)19-31(40-5)33(34(32)41-6)21(2)24-12-16-28(37)30(18-24)39-4/h7-21,35-37H,1-6H3. The SMILES string of the molecule is COc1cc(C(C)c2c(C=Cc3ccc(O)cc3)cc(OC)c(C(C)c3ccc(O)c(OC)c3)c2OC)ccc1O. The van der Waals surface area contributed by atoms with Crippen molar-refractivity contribution < 1.29 is 34.3 Å². The predicted molar refractivity (Wildman–Crippen MR) is 161 cm³/mol. The monoisotopic (exact) mass is 556 g/mol. The Kier molecular flexibility index (Phi) is 8.97. The van der Waals surface area contributed by atoms with Gasteiger partial charge in [-0.1, -0.05) is 50.3 Å². The van der Waals surface area contributed by atoms with Crippen molar-refractivity contribution >= 4 is 12.2 Å². The molecular formula is C34H36O7. The van der Waals surface area contributed by atoms with E-state index >= 15 is 0 Å². The van der Waals surface area contributed by atoms with Crippen molar-refractivity contribution in [2.75, 3.05) is 28.4 Å². The molecule has 4 aromatic carbocycles. The van der Waals surface area contributed by atoms with E-state index in [1.165, 1.54) is 14.2 Å². The molecule has 4 aromatic rings. The van der Waals surface area contributed by atoms with Gasteiger partial charge in [0.15, 0.2) is 23.0 Å². The van der Waals surface area contributed by atoms with Gasteiger partial charge in [0.2, 0.25) is 0 Å². The minimum Gasteiger partial charge on any atom is -0.508 e. The fourth-order valence-electron chi connectivity index (χ4n) is 5.10. The van der Waals surface area contributed by atoms with Gasteiger partial charge in [0.1, 0.15) is 17.2 Å². The van der Waals surface area contributed by atoms with Crippen LogP contribution in [-0.2, 0) is 0 Å². The van der Waals surface area contributed by atoms with Crippen molar-refractivity contribution in [2.45, 2.75) is 25.7 Å². The van der Waals surface area contributed by atoms with Crippen molar-refractivity contribution in [3.63, 3.8) is 0 Å². The van der Waals surface area contributed by atoms with Crippen LogP contribution in [0.15, 0.2) is 66.7 Å². The van der Waals surface area contributed by atoms with Crippen LogP contribution in [0.4, 0.5) is 0 Å². The first-order valence-electron chi connectivity index (χ1n) is 13.2.